The van der Waals surface area contributed by atoms with Crippen LogP contribution < -0.4 is 0 Å². The van der Waals surface area contributed by atoms with Gasteiger partial charge >= 0.3 is 0 Å². The van der Waals surface area contributed by atoms with Crippen LogP contribution in [0.5, 0.6) is 0 Å². The molecule has 0 fully saturated rings. The molecule has 0 atom stereocenters. The molecule has 2 heterocycles. The minimum Gasteiger partial charge on any atom is -0.446 e. The Morgan fingerprint density at radius 3 is 2.92 bits per heavy atom. The third kappa shape index (κ3) is 1.58. The Morgan fingerprint density at radius 2 is 2.23 bits per heavy atom. The number of rotatable bonds is 1. The highest BCUT2D eigenvalue weighted by molar-refractivity contribution is 9.10. The highest BCUT2D eigenvalue weighted by atomic mass is 79.9. The topological polar surface area (TPSA) is 38.9 Å². The lowest BCUT2D eigenvalue weighted by atomic mass is 10.2. The number of furan rings is 1. The molecule has 0 aliphatic heterocycles. The number of nitrogens with zero attached hydrogens (tertiary/aromatic N) is 2. The van der Waals surface area contributed by atoms with E-state index in [0.29, 0.717) is 10.6 Å². The van der Waals surface area contributed by atoms with Crippen LogP contribution in [0.2, 0.25) is 0 Å². The number of hydrogen-bond donors (Lipinski definition) is 0. The lowest BCUT2D eigenvalue weighted by molar-refractivity contribution is 0.584. The second kappa shape index (κ2) is 3.10. The summed E-state index contributed by atoms with van der Waals surface area (Å²) in [7, 11) is 0. The number of aromatic nitrogens is 2. The van der Waals surface area contributed by atoms with Gasteiger partial charge in [0.05, 0.1) is 6.20 Å². The van der Waals surface area contributed by atoms with Crippen molar-refractivity contribution in [2.75, 3.05) is 0 Å². The van der Waals surface area contributed by atoms with E-state index < -0.39 is 0 Å². The van der Waals surface area contributed by atoms with Gasteiger partial charge in [-0.25, -0.2) is 9.97 Å². The van der Waals surface area contributed by atoms with E-state index in [9.17, 15) is 0 Å². The highest BCUT2D eigenvalue weighted by Gasteiger charge is 2.07. The van der Waals surface area contributed by atoms with Gasteiger partial charge in [-0.3, -0.25) is 0 Å². The first kappa shape index (κ1) is 8.69. The average molecular weight is 241 g/mol. The molecule has 0 aromatic carbocycles. The first-order valence-electron chi connectivity index (χ1n) is 4.09. The van der Waals surface area contributed by atoms with Gasteiger partial charge in [-0.15, -0.1) is 0 Å². The fourth-order valence-electron chi connectivity index (χ4n) is 1.10. The van der Waals surface area contributed by atoms with Crippen molar-refractivity contribution in [2.24, 2.45) is 0 Å². The molecule has 0 bridgehead atoms. The smallest absolute Gasteiger partial charge is 0.172 e. The SMILES string of the molecule is CC(C)c1ncc2oc(Br)cc2n1. The Bertz CT molecular complexity index is 436. The van der Waals surface area contributed by atoms with Crippen LogP contribution in [0, 0.1) is 0 Å². The zero-order valence-corrected chi connectivity index (χ0v) is 9.00. The minimum absolute atomic E-state index is 0.345. The van der Waals surface area contributed by atoms with E-state index in [2.05, 4.69) is 39.7 Å². The number of halogens is 1. The van der Waals surface area contributed by atoms with Gasteiger partial charge in [-0.2, -0.15) is 0 Å². The molecule has 0 N–H and O–H groups in total. The standard InChI is InChI=1S/C9H9BrN2O/c1-5(2)9-11-4-7-6(12-9)3-8(10)13-7/h3-5H,1-2H3. The predicted octanol–water partition coefficient (Wildman–Crippen LogP) is 3.11. The van der Waals surface area contributed by atoms with Crippen molar-refractivity contribution < 1.29 is 4.42 Å². The van der Waals surface area contributed by atoms with Gasteiger partial charge in [-0.05, 0) is 15.9 Å². The first-order valence-corrected chi connectivity index (χ1v) is 4.88. The van der Waals surface area contributed by atoms with Crippen molar-refractivity contribution in [3.05, 3.63) is 22.8 Å². The van der Waals surface area contributed by atoms with Crippen LogP contribution in [0.1, 0.15) is 25.6 Å². The number of hydrogen-bond acceptors (Lipinski definition) is 3. The third-order valence-electron chi connectivity index (χ3n) is 1.78. The molecule has 2 aromatic heterocycles. The largest absolute Gasteiger partial charge is 0.446 e. The molecule has 3 nitrogen and oxygen atoms in total. The normalized spacial score (nSPS) is 11.4. The van der Waals surface area contributed by atoms with Crippen LogP contribution in [0.15, 0.2) is 21.3 Å². The molecule has 0 amide bonds. The maximum atomic E-state index is 5.29. The summed E-state index contributed by atoms with van der Waals surface area (Å²) < 4.78 is 5.99. The van der Waals surface area contributed by atoms with Crippen LogP contribution in [-0.4, -0.2) is 9.97 Å². The third-order valence-corrected chi connectivity index (χ3v) is 2.17. The van der Waals surface area contributed by atoms with E-state index in [0.717, 1.165) is 16.9 Å². The maximum absolute atomic E-state index is 5.29. The van der Waals surface area contributed by atoms with E-state index in [-0.39, 0.29) is 0 Å². The molecule has 2 rings (SSSR count). The summed E-state index contributed by atoms with van der Waals surface area (Å²) in [6.07, 6.45) is 1.71. The van der Waals surface area contributed by atoms with Crippen molar-refractivity contribution in [2.45, 2.75) is 19.8 Å². The minimum atomic E-state index is 0.345. The Balaban J connectivity index is 2.61. The highest BCUT2D eigenvalue weighted by Crippen LogP contribution is 2.22. The zero-order chi connectivity index (χ0) is 9.42. The van der Waals surface area contributed by atoms with Gasteiger partial charge in [0.2, 0.25) is 0 Å². The molecule has 2 aromatic rings. The van der Waals surface area contributed by atoms with Crippen molar-refractivity contribution >= 4 is 27.0 Å². The van der Waals surface area contributed by atoms with Crippen LogP contribution in [0.4, 0.5) is 0 Å². The van der Waals surface area contributed by atoms with Gasteiger partial charge in [0.1, 0.15) is 11.3 Å². The Kier molecular flexibility index (Phi) is 2.07. The fraction of sp³-hybridized carbons (Fsp3) is 0.333. The maximum Gasteiger partial charge on any atom is 0.172 e. The molecule has 0 aliphatic rings. The molecular weight excluding hydrogens is 232 g/mol. The van der Waals surface area contributed by atoms with Gasteiger partial charge in [-0.1, -0.05) is 13.8 Å². The summed E-state index contributed by atoms with van der Waals surface area (Å²) in [6, 6.07) is 1.85. The van der Waals surface area contributed by atoms with Crippen molar-refractivity contribution in [3.8, 4) is 0 Å². The zero-order valence-electron chi connectivity index (χ0n) is 7.41. The van der Waals surface area contributed by atoms with Crippen molar-refractivity contribution in [1.29, 1.82) is 0 Å². The molecule has 0 unspecified atom stereocenters. The molecule has 0 spiro atoms. The lowest BCUT2D eigenvalue weighted by Crippen LogP contribution is -1.95. The molecule has 0 saturated heterocycles. The monoisotopic (exact) mass is 240 g/mol. The van der Waals surface area contributed by atoms with E-state index in [1.165, 1.54) is 0 Å². The summed E-state index contributed by atoms with van der Waals surface area (Å²) in [4.78, 5) is 8.55. The molecule has 4 heteroatoms. The Labute approximate surface area is 84.3 Å². The molecule has 0 radical (unpaired) electrons. The van der Waals surface area contributed by atoms with E-state index in [1.807, 2.05) is 6.07 Å². The molecular formula is C9H9BrN2O. The predicted molar refractivity (Wildman–Crippen MR) is 53.6 cm³/mol. The summed E-state index contributed by atoms with van der Waals surface area (Å²) in [5, 5.41) is 0. The van der Waals surface area contributed by atoms with Gasteiger partial charge in [0, 0.05) is 12.0 Å². The fourth-order valence-corrected chi connectivity index (χ4v) is 1.49. The summed E-state index contributed by atoms with van der Waals surface area (Å²) in [5.41, 5.74) is 1.57. The summed E-state index contributed by atoms with van der Waals surface area (Å²) >= 11 is 3.25. The van der Waals surface area contributed by atoms with E-state index in [4.69, 9.17) is 4.42 Å². The summed E-state index contributed by atoms with van der Waals surface area (Å²) in [5.74, 6) is 1.19. The Morgan fingerprint density at radius 1 is 1.46 bits per heavy atom. The Hall–Kier alpha value is -0.900. The molecule has 13 heavy (non-hydrogen) atoms. The first-order chi connectivity index (χ1) is 6.16. The van der Waals surface area contributed by atoms with E-state index in [1.54, 1.807) is 6.20 Å². The van der Waals surface area contributed by atoms with Crippen molar-refractivity contribution in [1.82, 2.24) is 9.97 Å². The average Bonchev–Trinajstić information content (AvgIpc) is 2.42. The van der Waals surface area contributed by atoms with Gasteiger partial charge in [0.15, 0.2) is 10.3 Å². The molecule has 0 saturated carbocycles. The molecule has 68 valence electrons. The quantitative estimate of drug-likeness (QED) is 0.769. The second-order valence-electron chi connectivity index (χ2n) is 3.18. The lowest BCUT2D eigenvalue weighted by Gasteiger charge is -2.00. The van der Waals surface area contributed by atoms with Crippen LogP contribution in [-0.2, 0) is 0 Å². The van der Waals surface area contributed by atoms with Crippen molar-refractivity contribution in [3.63, 3.8) is 0 Å². The van der Waals surface area contributed by atoms with E-state index >= 15 is 0 Å². The van der Waals surface area contributed by atoms with Gasteiger partial charge in [0.25, 0.3) is 0 Å². The molecule has 0 aliphatic carbocycles. The summed E-state index contributed by atoms with van der Waals surface area (Å²) in [6.45, 7) is 4.13. The van der Waals surface area contributed by atoms with Gasteiger partial charge < -0.3 is 4.42 Å². The second-order valence-corrected chi connectivity index (χ2v) is 3.96. The van der Waals surface area contributed by atoms with Crippen LogP contribution in [0.25, 0.3) is 11.1 Å². The van der Waals surface area contributed by atoms with Crippen LogP contribution in [0.3, 0.4) is 0 Å². The van der Waals surface area contributed by atoms with Crippen LogP contribution >= 0.6 is 15.9 Å². The number of fused-ring (bicyclic) bond motifs is 1.